The van der Waals surface area contributed by atoms with Crippen LogP contribution in [0.2, 0.25) is 0 Å². The van der Waals surface area contributed by atoms with Crippen molar-refractivity contribution in [1.29, 1.82) is 0 Å². The second kappa shape index (κ2) is 8.33. The number of rotatable bonds is 4. The molecule has 1 amide bonds. The Morgan fingerprint density at radius 3 is 2.67 bits per heavy atom. The van der Waals surface area contributed by atoms with Gasteiger partial charge in [-0.15, -0.1) is 5.10 Å². The van der Waals surface area contributed by atoms with Gasteiger partial charge < -0.3 is 9.84 Å². The minimum Gasteiger partial charge on any atom is -0.508 e. The minimum absolute atomic E-state index is 0.200. The molecule has 1 aliphatic heterocycles. The molecular formula is C19H15N3O4S. The smallest absolute Gasteiger partial charge is 0.331 e. The van der Waals surface area contributed by atoms with Crippen LogP contribution in [0.25, 0.3) is 11.1 Å². The van der Waals surface area contributed by atoms with Gasteiger partial charge in [0.15, 0.2) is 5.17 Å². The third-order valence-corrected chi connectivity index (χ3v) is 4.45. The zero-order chi connectivity index (χ0) is 19.2. The standard InChI is InChI=1S/C19H15N3O4S/c1-26-17(24)10-16-18(25)21-19(27-16)22-20-11-12-5-7-13(8-6-12)14-3-2-4-15(23)9-14/h2-11,23H,1H3,(H,21,22,25)/b16-10+,20-11?. The zero-order valence-corrected chi connectivity index (χ0v) is 15.1. The highest BCUT2D eigenvalue weighted by molar-refractivity contribution is 8.18. The van der Waals surface area contributed by atoms with Crippen LogP contribution >= 0.6 is 11.8 Å². The highest BCUT2D eigenvalue weighted by atomic mass is 32.2. The second-order valence-corrected chi connectivity index (χ2v) is 6.44. The quantitative estimate of drug-likeness (QED) is 0.367. The molecule has 2 aromatic carbocycles. The Labute approximate surface area is 159 Å². The van der Waals surface area contributed by atoms with Crippen molar-refractivity contribution in [3.05, 3.63) is 65.1 Å². The second-order valence-electron chi connectivity index (χ2n) is 5.41. The molecule has 1 aliphatic rings. The van der Waals surface area contributed by atoms with Crippen molar-refractivity contribution in [2.75, 3.05) is 7.11 Å². The molecule has 0 radical (unpaired) electrons. The number of phenols is 1. The van der Waals surface area contributed by atoms with Crippen molar-refractivity contribution < 1.29 is 19.4 Å². The maximum Gasteiger partial charge on any atom is 0.331 e. The number of thioether (sulfide) groups is 1. The number of nitrogens with zero attached hydrogens (tertiary/aromatic N) is 2. The molecule has 2 aromatic rings. The molecular weight excluding hydrogens is 366 g/mol. The Morgan fingerprint density at radius 1 is 1.19 bits per heavy atom. The van der Waals surface area contributed by atoms with Crippen LogP contribution in [0.5, 0.6) is 5.75 Å². The third-order valence-electron chi connectivity index (χ3n) is 3.55. The lowest BCUT2D eigenvalue weighted by molar-refractivity contribution is -0.135. The number of nitrogens with one attached hydrogen (secondary N) is 1. The lowest BCUT2D eigenvalue weighted by Crippen LogP contribution is -2.19. The SMILES string of the molecule is COC(=O)/C=C1/S/C(=N\N=Cc2ccc(-c3cccc(O)c3)cc2)NC1=O. The summed E-state index contributed by atoms with van der Waals surface area (Å²) in [5.74, 6) is -0.815. The predicted octanol–water partition coefficient (Wildman–Crippen LogP) is 2.67. The minimum atomic E-state index is -0.607. The van der Waals surface area contributed by atoms with Gasteiger partial charge in [-0.3, -0.25) is 10.1 Å². The van der Waals surface area contributed by atoms with Gasteiger partial charge >= 0.3 is 5.97 Å². The van der Waals surface area contributed by atoms with E-state index in [4.69, 9.17) is 0 Å². The van der Waals surface area contributed by atoms with Gasteiger partial charge in [0, 0.05) is 6.08 Å². The highest BCUT2D eigenvalue weighted by Crippen LogP contribution is 2.24. The summed E-state index contributed by atoms with van der Waals surface area (Å²) in [4.78, 5) is 23.1. The van der Waals surface area contributed by atoms with E-state index >= 15 is 0 Å². The number of amidine groups is 1. The van der Waals surface area contributed by atoms with Gasteiger partial charge in [-0.1, -0.05) is 36.4 Å². The van der Waals surface area contributed by atoms with Gasteiger partial charge in [-0.05, 0) is 40.6 Å². The van der Waals surface area contributed by atoms with Crippen molar-refractivity contribution >= 4 is 35.0 Å². The summed E-state index contributed by atoms with van der Waals surface area (Å²) >= 11 is 1.01. The Bertz CT molecular complexity index is 965. The van der Waals surface area contributed by atoms with Crippen LogP contribution in [-0.4, -0.2) is 35.5 Å². The normalized spacial score (nSPS) is 16.9. The van der Waals surface area contributed by atoms with Gasteiger partial charge in [-0.25, -0.2) is 4.79 Å². The first-order valence-electron chi connectivity index (χ1n) is 7.84. The summed E-state index contributed by atoms with van der Waals surface area (Å²) in [7, 11) is 1.24. The maximum atomic E-state index is 11.7. The number of esters is 1. The summed E-state index contributed by atoms with van der Waals surface area (Å²) in [6, 6.07) is 14.6. The molecule has 1 heterocycles. The van der Waals surface area contributed by atoms with Crippen LogP contribution < -0.4 is 5.32 Å². The van der Waals surface area contributed by atoms with E-state index in [1.807, 2.05) is 30.3 Å². The first-order chi connectivity index (χ1) is 13.0. The average molecular weight is 381 g/mol. The van der Waals surface area contributed by atoms with Crippen LogP contribution in [0.1, 0.15) is 5.56 Å². The van der Waals surface area contributed by atoms with E-state index in [9.17, 15) is 14.7 Å². The van der Waals surface area contributed by atoms with E-state index in [1.165, 1.54) is 7.11 Å². The molecule has 0 unspecified atom stereocenters. The van der Waals surface area contributed by atoms with E-state index in [-0.39, 0.29) is 15.8 Å². The molecule has 0 bridgehead atoms. The van der Waals surface area contributed by atoms with Gasteiger partial charge in [0.2, 0.25) is 0 Å². The molecule has 0 saturated carbocycles. The first kappa shape index (κ1) is 18.4. The van der Waals surface area contributed by atoms with Crippen LogP contribution in [0.4, 0.5) is 0 Å². The van der Waals surface area contributed by atoms with E-state index in [2.05, 4.69) is 20.3 Å². The number of phenolic OH excluding ortho intramolecular Hbond substituents is 1. The summed E-state index contributed by atoms with van der Waals surface area (Å²) in [6.45, 7) is 0. The Balaban J connectivity index is 1.66. The van der Waals surface area contributed by atoms with E-state index in [0.29, 0.717) is 0 Å². The molecule has 0 atom stereocenters. The molecule has 0 aromatic heterocycles. The molecule has 1 fully saturated rings. The van der Waals surface area contributed by atoms with Crippen molar-refractivity contribution in [2.24, 2.45) is 10.2 Å². The van der Waals surface area contributed by atoms with Crippen molar-refractivity contribution in [3.63, 3.8) is 0 Å². The van der Waals surface area contributed by atoms with Gasteiger partial charge in [0.05, 0.1) is 18.2 Å². The lowest BCUT2D eigenvalue weighted by Gasteiger charge is -2.02. The number of benzene rings is 2. The third kappa shape index (κ3) is 4.83. The molecule has 1 saturated heterocycles. The number of aromatic hydroxyl groups is 1. The number of carbonyl (C=O) groups is 2. The molecule has 136 valence electrons. The summed E-state index contributed by atoms with van der Waals surface area (Å²) < 4.78 is 4.49. The number of hydrogen-bond donors (Lipinski definition) is 2. The van der Waals surface area contributed by atoms with Crippen molar-refractivity contribution in [3.8, 4) is 16.9 Å². The molecule has 8 heteroatoms. The fraction of sp³-hybridized carbons (Fsp3) is 0.0526. The van der Waals surface area contributed by atoms with E-state index < -0.39 is 11.9 Å². The van der Waals surface area contributed by atoms with Crippen molar-refractivity contribution in [2.45, 2.75) is 0 Å². The topological polar surface area (TPSA) is 100 Å². The lowest BCUT2D eigenvalue weighted by atomic mass is 10.0. The molecule has 0 aliphatic carbocycles. The predicted molar refractivity (Wildman–Crippen MR) is 104 cm³/mol. The summed E-state index contributed by atoms with van der Waals surface area (Å²) in [5, 5.41) is 20.2. The largest absolute Gasteiger partial charge is 0.508 e. The zero-order valence-electron chi connectivity index (χ0n) is 14.2. The molecule has 3 rings (SSSR count). The van der Waals surface area contributed by atoms with Gasteiger partial charge in [-0.2, -0.15) is 5.10 Å². The Kier molecular flexibility index (Phi) is 5.68. The molecule has 0 spiro atoms. The fourth-order valence-electron chi connectivity index (χ4n) is 2.24. The number of ether oxygens (including phenoxy) is 1. The van der Waals surface area contributed by atoms with Crippen LogP contribution in [0.3, 0.4) is 0 Å². The fourth-order valence-corrected chi connectivity index (χ4v) is 2.98. The van der Waals surface area contributed by atoms with Gasteiger partial charge in [0.1, 0.15) is 5.75 Å². The first-order valence-corrected chi connectivity index (χ1v) is 8.66. The monoisotopic (exact) mass is 381 g/mol. The molecule has 27 heavy (non-hydrogen) atoms. The van der Waals surface area contributed by atoms with Crippen LogP contribution in [0, 0.1) is 0 Å². The maximum absolute atomic E-state index is 11.7. The summed E-state index contributed by atoms with van der Waals surface area (Å²) in [5.41, 5.74) is 2.70. The Hall–Kier alpha value is -3.39. The average Bonchev–Trinajstić information content (AvgIpc) is 3.01. The molecule has 7 nitrogen and oxygen atoms in total. The number of carbonyl (C=O) groups excluding carboxylic acids is 2. The van der Waals surface area contributed by atoms with E-state index in [1.54, 1.807) is 24.4 Å². The van der Waals surface area contributed by atoms with Gasteiger partial charge in [0.25, 0.3) is 5.91 Å². The Morgan fingerprint density at radius 2 is 1.96 bits per heavy atom. The molecule has 2 N–H and O–H groups in total. The van der Waals surface area contributed by atoms with Crippen LogP contribution in [-0.2, 0) is 14.3 Å². The van der Waals surface area contributed by atoms with Crippen molar-refractivity contribution in [1.82, 2.24) is 5.32 Å². The van der Waals surface area contributed by atoms with E-state index in [0.717, 1.165) is 34.5 Å². The highest BCUT2D eigenvalue weighted by Gasteiger charge is 2.24. The number of methoxy groups -OCH3 is 1. The summed E-state index contributed by atoms with van der Waals surface area (Å²) in [6.07, 6.45) is 2.65. The number of hydrogen-bond acceptors (Lipinski definition) is 7. The number of amides is 1. The van der Waals surface area contributed by atoms with Crippen LogP contribution in [0.15, 0.2) is 69.7 Å².